The van der Waals surface area contributed by atoms with Gasteiger partial charge in [-0.25, -0.2) is 4.79 Å². The van der Waals surface area contributed by atoms with Crippen LogP contribution in [-0.2, 0) is 0 Å². The minimum atomic E-state index is -0.431. The van der Waals surface area contributed by atoms with Crippen LogP contribution in [-0.4, -0.2) is 6.61 Å². The molecule has 5 heteroatoms. The Kier molecular flexibility index (Phi) is 4.94. The number of benzene rings is 3. The molecule has 0 aliphatic rings. The number of para-hydroxylation sites is 1. The third kappa shape index (κ3) is 3.42. The first-order valence-corrected chi connectivity index (χ1v) is 10.6. The van der Waals surface area contributed by atoms with E-state index >= 15 is 0 Å². The van der Waals surface area contributed by atoms with Gasteiger partial charge in [-0.3, -0.25) is 0 Å². The summed E-state index contributed by atoms with van der Waals surface area (Å²) < 4.78 is 17.5. The van der Waals surface area contributed by atoms with Crippen LogP contribution in [0.2, 0.25) is 0 Å². The predicted octanol–water partition coefficient (Wildman–Crippen LogP) is 6.97. The minimum Gasteiger partial charge on any atom is -0.494 e. The molecule has 2 heterocycles. The molecule has 0 bridgehead atoms. The Balaban J connectivity index is 1.77. The molecule has 5 rings (SSSR count). The normalized spacial score (nSPS) is 11.2. The van der Waals surface area contributed by atoms with Gasteiger partial charge in [0.05, 0.1) is 17.6 Å². The van der Waals surface area contributed by atoms with E-state index in [1.807, 2.05) is 68.4 Å². The highest BCUT2D eigenvalue weighted by molar-refractivity contribution is 6.10. The van der Waals surface area contributed by atoms with Gasteiger partial charge in [0.15, 0.2) is 5.58 Å². The number of rotatable bonds is 5. The van der Waals surface area contributed by atoms with Gasteiger partial charge < -0.3 is 18.9 Å². The first-order valence-electron chi connectivity index (χ1n) is 10.6. The lowest BCUT2D eigenvalue weighted by Crippen LogP contribution is -2.00. The topological polar surface area (TPSA) is 64.6 Å². The Labute approximate surface area is 185 Å². The number of hydrogen-bond donors (Lipinski definition) is 1. The van der Waals surface area contributed by atoms with Gasteiger partial charge in [-0.15, -0.1) is 0 Å². The van der Waals surface area contributed by atoms with Crippen molar-refractivity contribution >= 4 is 33.5 Å². The number of aryl methyl sites for hydroxylation is 2. The van der Waals surface area contributed by atoms with E-state index in [-0.39, 0.29) is 0 Å². The fourth-order valence-electron chi connectivity index (χ4n) is 4.03. The van der Waals surface area contributed by atoms with Gasteiger partial charge in [0, 0.05) is 5.69 Å². The third-order valence-electron chi connectivity index (χ3n) is 5.53. The van der Waals surface area contributed by atoms with E-state index in [2.05, 4.69) is 18.3 Å². The van der Waals surface area contributed by atoms with Crippen molar-refractivity contribution in [1.82, 2.24) is 0 Å². The largest absolute Gasteiger partial charge is 0.494 e. The van der Waals surface area contributed by atoms with E-state index in [1.165, 1.54) is 5.56 Å². The molecule has 0 saturated heterocycles. The molecule has 5 aromatic rings. The molecule has 0 radical (unpaired) electrons. The van der Waals surface area contributed by atoms with Crippen molar-refractivity contribution in [1.29, 1.82) is 0 Å². The Hall–Kier alpha value is -3.99. The number of furan rings is 1. The maximum absolute atomic E-state index is 13.1. The minimum absolute atomic E-state index is 0.417. The van der Waals surface area contributed by atoms with Crippen molar-refractivity contribution < 1.29 is 13.6 Å². The second-order valence-corrected chi connectivity index (χ2v) is 7.80. The second-order valence-electron chi connectivity index (χ2n) is 7.80. The Morgan fingerprint density at radius 1 is 0.938 bits per heavy atom. The summed E-state index contributed by atoms with van der Waals surface area (Å²) in [5.74, 6) is 1.27. The summed E-state index contributed by atoms with van der Waals surface area (Å²) in [7, 11) is 0. The van der Waals surface area contributed by atoms with Crippen LogP contribution in [0.25, 0.3) is 33.1 Å². The molecule has 0 amide bonds. The quantitative estimate of drug-likeness (QED) is 0.308. The van der Waals surface area contributed by atoms with Gasteiger partial charge in [-0.1, -0.05) is 42.0 Å². The van der Waals surface area contributed by atoms with Crippen molar-refractivity contribution in [2.24, 2.45) is 0 Å². The van der Waals surface area contributed by atoms with Gasteiger partial charge in [0.25, 0.3) is 0 Å². The molecule has 5 nitrogen and oxygen atoms in total. The van der Waals surface area contributed by atoms with Gasteiger partial charge in [0.2, 0.25) is 5.88 Å². The Bertz CT molecular complexity index is 1490. The standard InChI is InChI=1S/C27H23NO4/c1-4-30-19-12-10-18(11-13-19)23-24-25(20-7-5-6-8-22(20)31-27(24)29)32-26(23)28-21-14-9-16(2)15-17(21)3/h5-15,28H,4H2,1-3H3. The number of ether oxygens (including phenoxy) is 1. The highest BCUT2D eigenvalue weighted by Crippen LogP contribution is 2.41. The monoisotopic (exact) mass is 425 g/mol. The van der Waals surface area contributed by atoms with Crippen molar-refractivity contribution in [3.63, 3.8) is 0 Å². The fourth-order valence-corrected chi connectivity index (χ4v) is 4.03. The lowest BCUT2D eigenvalue weighted by atomic mass is 10.0. The zero-order chi connectivity index (χ0) is 22.2. The smallest absolute Gasteiger partial charge is 0.348 e. The van der Waals surface area contributed by atoms with Crippen LogP contribution >= 0.6 is 0 Å². The van der Waals surface area contributed by atoms with E-state index < -0.39 is 5.63 Å². The van der Waals surface area contributed by atoms with Gasteiger partial charge in [-0.05, 0) is 62.2 Å². The van der Waals surface area contributed by atoms with Crippen molar-refractivity contribution in [3.8, 4) is 16.9 Å². The van der Waals surface area contributed by atoms with Crippen molar-refractivity contribution in [2.75, 3.05) is 11.9 Å². The summed E-state index contributed by atoms with van der Waals surface area (Å²) in [4.78, 5) is 13.1. The highest BCUT2D eigenvalue weighted by Gasteiger charge is 2.23. The highest BCUT2D eigenvalue weighted by atomic mass is 16.5. The van der Waals surface area contributed by atoms with E-state index in [9.17, 15) is 4.79 Å². The Morgan fingerprint density at radius 2 is 1.72 bits per heavy atom. The third-order valence-corrected chi connectivity index (χ3v) is 5.53. The average Bonchev–Trinajstić information content (AvgIpc) is 3.17. The van der Waals surface area contributed by atoms with E-state index in [0.717, 1.165) is 28.0 Å². The molecule has 0 aliphatic carbocycles. The average molecular weight is 425 g/mol. The fraction of sp³-hybridized carbons (Fsp3) is 0.148. The maximum atomic E-state index is 13.1. The lowest BCUT2D eigenvalue weighted by molar-refractivity contribution is 0.340. The summed E-state index contributed by atoms with van der Waals surface area (Å²) in [6, 6.07) is 21.2. The van der Waals surface area contributed by atoms with Crippen LogP contribution in [0, 0.1) is 13.8 Å². The summed E-state index contributed by atoms with van der Waals surface area (Å²) in [6.45, 7) is 6.63. The van der Waals surface area contributed by atoms with Crippen molar-refractivity contribution in [3.05, 3.63) is 88.3 Å². The molecule has 0 aliphatic heterocycles. The predicted molar refractivity (Wildman–Crippen MR) is 128 cm³/mol. The van der Waals surface area contributed by atoms with Crippen LogP contribution in [0.5, 0.6) is 5.75 Å². The zero-order valence-corrected chi connectivity index (χ0v) is 18.2. The second kappa shape index (κ2) is 7.93. The molecule has 0 fully saturated rings. The molecule has 0 atom stereocenters. The van der Waals surface area contributed by atoms with Crippen LogP contribution in [0.4, 0.5) is 11.6 Å². The van der Waals surface area contributed by atoms with Gasteiger partial charge in [-0.2, -0.15) is 0 Å². The summed E-state index contributed by atoms with van der Waals surface area (Å²) in [5, 5.41) is 4.58. The number of fused-ring (bicyclic) bond motifs is 3. The van der Waals surface area contributed by atoms with Gasteiger partial charge in [0.1, 0.15) is 16.7 Å². The first-order chi connectivity index (χ1) is 15.5. The first kappa shape index (κ1) is 19.9. The molecule has 0 saturated carbocycles. The molecular weight excluding hydrogens is 402 g/mol. The lowest BCUT2D eigenvalue weighted by Gasteiger charge is -2.10. The van der Waals surface area contributed by atoms with Crippen LogP contribution in [0.3, 0.4) is 0 Å². The van der Waals surface area contributed by atoms with Gasteiger partial charge >= 0.3 is 5.63 Å². The Morgan fingerprint density at radius 3 is 2.47 bits per heavy atom. The molecule has 160 valence electrons. The molecule has 2 aromatic heterocycles. The van der Waals surface area contributed by atoms with Crippen molar-refractivity contribution in [2.45, 2.75) is 20.8 Å². The van der Waals surface area contributed by atoms with Crippen LogP contribution in [0.15, 0.2) is 80.4 Å². The molecular formula is C27H23NO4. The van der Waals surface area contributed by atoms with E-state index in [1.54, 1.807) is 6.07 Å². The summed E-state index contributed by atoms with van der Waals surface area (Å²) in [5.41, 5.74) is 5.25. The van der Waals surface area contributed by atoms with E-state index in [0.29, 0.717) is 34.6 Å². The number of nitrogens with one attached hydrogen (secondary N) is 1. The molecule has 32 heavy (non-hydrogen) atoms. The number of anilines is 2. The van der Waals surface area contributed by atoms with Crippen LogP contribution in [0.1, 0.15) is 18.1 Å². The van der Waals surface area contributed by atoms with Crippen LogP contribution < -0.4 is 15.7 Å². The molecule has 3 aromatic carbocycles. The zero-order valence-electron chi connectivity index (χ0n) is 18.2. The summed E-state index contributed by atoms with van der Waals surface area (Å²) in [6.07, 6.45) is 0. The maximum Gasteiger partial charge on any atom is 0.348 e. The SMILES string of the molecule is CCOc1ccc(-c2c(Nc3ccc(C)cc3C)oc3c2c(=O)oc2ccccc23)cc1. The van der Waals surface area contributed by atoms with E-state index in [4.69, 9.17) is 13.6 Å². The molecule has 0 unspecified atom stereocenters. The molecule has 1 N–H and O–H groups in total. The summed E-state index contributed by atoms with van der Waals surface area (Å²) >= 11 is 0. The number of hydrogen-bond acceptors (Lipinski definition) is 5. The molecule has 0 spiro atoms.